The third kappa shape index (κ3) is 2.53. The third-order valence-corrected chi connectivity index (χ3v) is 2.06. The summed E-state index contributed by atoms with van der Waals surface area (Å²) < 4.78 is 43.3. The second-order valence-corrected chi connectivity index (χ2v) is 3.48. The minimum Gasteiger partial charge on any atom is -0.476 e. The van der Waals surface area contributed by atoms with Crippen molar-refractivity contribution in [3.05, 3.63) is 23.1 Å². The van der Waals surface area contributed by atoms with Crippen LogP contribution < -0.4 is 0 Å². The van der Waals surface area contributed by atoms with Gasteiger partial charge >= 0.3 is 12.1 Å². The molecule has 0 saturated carbocycles. The van der Waals surface area contributed by atoms with Crippen molar-refractivity contribution >= 4 is 5.97 Å². The summed E-state index contributed by atoms with van der Waals surface area (Å²) in [6, 6.07) is 0. The smallest absolute Gasteiger partial charge is 0.435 e. The van der Waals surface area contributed by atoms with Gasteiger partial charge in [0.15, 0.2) is 11.5 Å². The first-order valence-electron chi connectivity index (χ1n) is 4.82. The Kier molecular flexibility index (Phi) is 2.96. The number of hydrogen-bond acceptors (Lipinski definition) is 6. The Bertz CT molecular complexity index is 617. The lowest BCUT2D eigenvalue weighted by molar-refractivity contribution is -0.144. The van der Waals surface area contributed by atoms with E-state index >= 15 is 0 Å². The van der Waals surface area contributed by atoms with Gasteiger partial charge in [0.05, 0.1) is 0 Å². The highest BCUT2D eigenvalue weighted by Gasteiger charge is 2.41. The summed E-state index contributed by atoms with van der Waals surface area (Å²) in [7, 11) is 0. The second kappa shape index (κ2) is 4.33. The highest BCUT2D eigenvalue weighted by atomic mass is 19.4. The van der Waals surface area contributed by atoms with Gasteiger partial charge in [-0.1, -0.05) is 10.4 Å². The van der Waals surface area contributed by atoms with E-state index in [4.69, 9.17) is 5.11 Å². The van der Waals surface area contributed by atoms with Crippen LogP contribution in [0, 0.1) is 6.92 Å². The minimum absolute atomic E-state index is 0.134. The Morgan fingerprint density at radius 1 is 1.47 bits per heavy atom. The molecule has 2 aromatic rings. The Morgan fingerprint density at radius 2 is 2.16 bits per heavy atom. The van der Waals surface area contributed by atoms with E-state index in [1.807, 2.05) is 0 Å². The quantitative estimate of drug-likeness (QED) is 0.881. The maximum Gasteiger partial charge on any atom is 0.435 e. The number of carboxylic acids is 1. The molecule has 0 spiro atoms. The van der Waals surface area contributed by atoms with Crippen molar-refractivity contribution in [2.75, 3.05) is 0 Å². The Labute approximate surface area is 102 Å². The lowest BCUT2D eigenvalue weighted by Crippen LogP contribution is -2.19. The number of rotatable bonds is 3. The average Bonchev–Trinajstić information content (AvgIpc) is 2.84. The molecule has 8 nitrogen and oxygen atoms in total. The lowest BCUT2D eigenvalue weighted by atomic mass is 10.3. The third-order valence-electron chi connectivity index (χ3n) is 2.06. The number of halogens is 3. The SMILES string of the molecule is Cc1noc(Cn2nnc(C(=O)O)c2C(F)(F)F)n1. The van der Waals surface area contributed by atoms with Crippen LogP contribution in [0.15, 0.2) is 4.52 Å². The van der Waals surface area contributed by atoms with E-state index in [1.165, 1.54) is 6.92 Å². The summed E-state index contributed by atoms with van der Waals surface area (Å²) >= 11 is 0. The highest BCUT2D eigenvalue weighted by Crippen LogP contribution is 2.31. The van der Waals surface area contributed by atoms with Crippen LogP contribution in [0.3, 0.4) is 0 Å². The first-order valence-corrected chi connectivity index (χ1v) is 4.82. The van der Waals surface area contributed by atoms with Crippen LogP contribution in [0.1, 0.15) is 27.9 Å². The molecule has 1 N–H and O–H groups in total. The largest absolute Gasteiger partial charge is 0.476 e. The first-order chi connectivity index (χ1) is 8.79. The normalized spacial score (nSPS) is 11.8. The van der Waals surface area contributed by atoms with Crippen LogP contribution in [0.25, 0.3) is 0 Å². The predicted octanol–water partition coefficient (Wildman–Crippen LogP) is 0.735. The fourth-order valence-corrected chi connectivity index (χ4v) is 1.38. The molecule has 102 valence electrons. The van der Waals surface area contributed by atoms with E-state index in [-0.39, 0.29) is 11.7 Å². The summed E-state index contributed by atoms with van der Waals surface area (Å²) in [5.74, 6) is -1.72. The topological polar surface area (TPSA) is 107 Å². The molecule has 0 aliphatic heterocycles. The molecule has 0 fully saturated rings. The van der Waals surface area contributed by atoms with Crippen LogP contribution in [0.5, 0.6) is 0 Å². The summed E-state index contributed by atoms with van der Waals surface area (Å²) in [4.78, 5) is 14.4. The number of aromatic nitrogens is 5. The van der Waals surface area contributed by atoms with Gasteiger partial charge in [-0.2, -0.15) is 18.2 Å². The molecule has 2 heterocycles. The van der Waals surface area contributed by atoms with Crippen LogP contribution in [0.2, 0.25) is 0 Å². The molecular weight excluding hydrogens is 271 g/mol. The van der Waals surface area contributed by atoms with Crippen molar-refractivity contribution in [1.82, 2.24) is 25.1 Å². The van der Waals surface area contributed by atoms with Crippen LogP contribution in [0.4, 0.5) is 13.2 Å². The van der Waals surface area contributed by atoms with Gasteiger partial charge in [0, 0.05) is 0 Å². The van der Waals surface area contributed by atoms with Crippen molar-refractivity contribution in [1.29, 1.82) is 0 Å². The van der Waals surface area contributed by atoms with Gasteiger partial charge in [-0.05, 0) is 6.92 Å². The predicted molar refractivity (Wildman–Crippen MR) is 50.1 cm³/mol. The number of alkyl halides is 3. The van der Waals surface area contributed by atoms with Gasteiger partial charge in [0.2, 0.25) is 11.6 Å². The van der Waals surface area contributed by atoms with Gasteiger partial charge in [-0.25, -0.2) is 9.48 Å². The van der Waals surface area contributed by atoms with Gasteiger partial charge in [0.1, 0.15) is 6.54 Å². The summed E-state index contributed by atoms with van der Waals surface area (Å²) in [6.45, 7) is 0.970. The van der Waals surface area contributed by atoms with E-state index < -0.39 is 30.1 Å². The number of carbonyl (C=O) groups is 1. The summed E-state index contributed by atoms with van der Waals surface area (Å²) in [6.07, 6.45) is -4.91. The average molecular weight is 277 g/mol. The van der Waals surface area contributed by atoms with Crippen molar-refractivity contribution in [2.45, 2.75) is 19.6 Å². The maximum atomic E-state index is 12.8. The standard InChI is InChI=1S/C8H6F3N5O3/c1-3-12-4(19-14-3)2-16-6(8(9,10)11)5(7(17)18)13-15-16/h2H2,1H3,(H,17,18). The maximum absolute atomic E-state index is 12.8. The van der Waals surface area contributed by atoms with Crippen molar-refractivity contribution in [3.8, 4) is 0 Å². The number of hydrogen-bond donors (Lipinski definition) is 1. The lowest BCUT2D eigenvalue weighted by Gasteiger charge is -2.08. The van der Waals surface area contributed by atoms with E-state index in [1.54, 1.807) is 0 Å². The number of aryl methyl sites for hydroxylation is 1. The summed E-state index contributed by atoms with van der Waals surface area (Å²) in [5.41, 5.74) is -2.65. The minimum atomic E-state index is -4.91. The molecule has 19 heavy (non-hydrogen) atoms. The Balaban J connectivity index is 2.43. The van der Waals surface area contributed by atoms with Crippen molar-refractivity contribution in [3.63, 3.8) is 0 Å². The zero-order valence-electron chi connectivity index (χ0n) is 9.34. The number of nitrogens with zero attached hydrogens (tertiary/aromatic N) is 5. The molecule has 2 aromatic heterocycles. The fraction of sp³-hybridized carbons (Fsp3) is 0.375. The molecule has 0 saturated heterocycles. The molecule has 0 aliphatic carbocycles. The molecule has 0 unspecified atom stereocenters. The van der Waals surface area contributed by atoms with Crippen molar-refractivity contribution < 1.29 is 27.6 Å². The van der Waals surface area contributed by atoms with Crippen molar-refractivity contribution in [2.24, 2.45) is 0 Å². The fourth-order valence-electron chi connectivity index (χ4n) is 1.38. The second-order valence-electron chi connectivity index (χ2n) is 3.48. The van der Waals surface area contributed by atoms with Crippen LogP contribution in [-0.2, 0) is 12.7 Å². The summed E-state index contributed by atoms with van der Waals surface area (Å²) in [5, 5.41) is 18.2. The van der Waals surface area contributed by atoms with E-state index in [9.17, 15) is 18.0 Å². The molecule has 0 bridgehead atoms. The zero-order valence-corrected chi connectivity index (χ0v) is 9.34. The number of carboxylic acid groups (broad SMARTS) is 1. The zero-order chi connectivity index (χ0) is 14.2. The van der Waals surface area contributed by atoms with Gasteiger partial charge < -0.3 is 9.63 Å². The molecular formula is C8H6F3N5O3. The highest BCUT2D eigenvalue weighted by molar-refractivity contribution is 5.86. The van der Waals surface area contributed by atoms with Gasteiger partial charge in [0.25, 0.3) is 0 Å². The molecule has 0 aromatic carbocycles. The van der Waals surface area contributed by atoms with E-state index in [0.717, 1.165) is 0 Å². The molecule has 0 atom stereocenters. The Hall–Kier alpha value is -2.46. The molecule has 0 amide bonds. The van der Waals surface area contributed by atoms with E-state index in [2.05, 4.69) is 25.0 Å². The number of aromatic carboxylic acids is 1. The molecule has 2 rings (SSSR count). The van der Waals surface area contributed by atoms with E-state index in [0.29, 0.717) is 4.68 Å². The monoisotopic (exact) mass is 277 g/mol. The first kappa shape index (κ1) is 13.0. The van der Waals surface area contributed by atoms with Gasteiger partial charge in [-0.3, -0.25) is 0 Å². The molecule has 0 radical (unpaired) electrons. The Morgan fingerprint density at radius 3 is 2.63 bits per heavy atom. The molecule has 11 heteroatoms. The molecule has 0 aliphatic rings. The van der Waals surface area contributed by atoms with Crippen LogP contribution in [-0.4, -0.2) is 36.2 Å². The van der Waals surface area contributed by atoms with Crippen LogP contribution >= 0.6 is 0 Å². The van der Waals surface area contributed by atoms with Gasteiger partial charge in [-0.15, -0.1) is 5.10 Å².